The van der Waals surface area contributed by atoms with E-state index in [0.717, 1.165) is 9.93 Å². The molecule has 0 amide bonds. The van der Waals surface area contributed by atoms with Crippen molar-refractivity contribution in [2.24, 2.45) is 7.05 Å². The van der Waals surface area contributed by atoms with Crippen LogP contribution in [0.1, 0.15) is 5.56 Å². The van der Waals surface area contributed by atoms with E-state index in [1.54, 1.807) is 4.68 Å². The molecule has 0 fully saturated rings. The highest BCUT2D eigenvalue weighted by Crippen LogP contribution is 2.15. The Bertz CT molecular complexity index is 207. The molecular formula is C5H6Br2N2. The summed E-state index contributed by atoms with van der Waals surface area (Å²) in [7, 11) is 1.90. The van der Waals surface area contributed by atoms with Gasteiger partial charge in [0.2, 0.25) is 0 Å². The van der Waals surface area contributed by atoms with Crippen LogP contribution in [0.3, 0.4) is 0 Å². The highest BCUT2D eigenvalue weighted by atomic mass is 79.9. The first-order valence-corrected chi connectivity index (χ1v) is 4.39. The molecule has 0 aliphatic rings. The van der Waals surface area contributed by atoms with Gasteiger partial charge in [-0.3, -0.25) is 4.68 Å². The van der Waals surface area contributed by atoms with Crippen molar-refractivity contribution in [3.63, 3.8) is 0 Å². The first kappa shape index (κ1) is 7.28. The smallest absolute Gasteiger partial charge is 0.132 e. The molecule has 0 aliphatic heterocycles. The third-order valence-electron chi connectivity index (χ3n) is 0.997. The third kappa shape index (κ3) is 1.55. The Morgan fingerprint density at radius 1 is 1.78 bits per heavy atom. The lowest BCUT2D eigenvalue weighted by Crippen LogP contribution is -1.84. The minimum Gasteiger partial charge on any atom is -0.274 e. The van der Waals surface area contributed by atoms with Crippen LogP contribution in [0.15, 0.2) is 10.8 Å². The molecule has 0 saturated carbocycles. The van der Waals surface area contributed by atoms with Crippen molar-refractivity contribution >= 4 is 31.9 Å². The lowest BCUT2D eigenvalue weighted by molar-refractivity contribution is 0.760. The number of hydrogen-bond acceptors (Lipinski definition) is 1. The van der Waals surface area contributed by atoms with Crippen LogP contribution in [0.5, 0.6) is 0 Å². The first-order valence-electron chi connectivity index (χ1n) is 2.48. The zero-order valence-corrected chi connectivity index (χ0v) is 8.11. The predicted octanol–water partition coefficient (Wildman–Crippen LogP) is 2.08. The van der Waals surface area contributed by atoms with E-state index in [-0.39, 0.29) is 0 Å². The van der Waals surface area contributed by atoms with Crippen molar-refractivity contribution in [1.82, 2.24) is 9.78 Å². The molecular weight excluding hydrogens is 248 g/mol. The highest BCUT2D eigenvalue weighted by molar-refractivity contribution is 9.10. The summed E-state index contributed by atoms with van der Waals surface area (Å²) in [6.45, 7) is 0. The Labute approximate surface area is 70.5 Å². The summed E-state index contributed by atoms with van der Waals surface area (Å²) in [5, 5.41) is 4.93. The lowest BCUT2D eigenvalue weighted by Gasteiger charge is -1.82. The van der Waals surface area contributed by atoms with Crippen LogP contribution in [0.4, 0.5) is 0 Å². The molecule has 1 heterocycles. The van der Waals surface area contributed by atoms with Gasteiger partial charge in [0.1, 0.15) is 4.60 Å². The number of nitrogens with zero attached hydrogens (tertiary/aromatic N) is 2. The van der Waals surface area contributed by atoms with Gasteiger partial charge in [-0.05, 0) is 15.9 Å². The van der Waals surface area contributed by atoms with Crippen LogP contribution >= 0.6 is 31.9 Å². The molecule has 9 heavy (non-hydrogen) atoms. The van der Waals surface area contributed by atoms with Crippen LogP contribution in [0.25, 0.3) is 0 Å². The summed E-state index contributed by atoms with van der Waals surface area (Å²) in [5.74, 6) is 0. The van der Waals surface area contributed by atoms with Crippen LogP contribution in [-0.4, -0.2) is 9.78 Å². The summed E-state index contributed by atoms with van der Waals surface area (Å²) < 4.78 is 2.70. The zero-order chi connectivity index (χ0) is 6.85. The van der Waals surface area contributed by atoms with E-state index in [9.17, 15) is 0 Å². The summed E-state index contributed by atoms with van der Waals surface area (Å²) in [6.07, 6.45) is 1.97. The Morgan fingerprint density at radius 3 is 2.67 bits per heavy atom. The van der Waals surface area contributed by atoms with Gasteiger partial charge >= 0.3 is 0 Å². The van der Waals surface area contributed by atoms with Crippen molar-refractivity contribution in [3.8, 4) is 0 Å². The molecule has 0 radical (unpaired) electrons. The van der Waals surface area contributed by atoms with E-state index >= 15 is 0 Å². The van der Waals surface area contributed by atoms with E-state index in [2.05, 4.69) is 37.0 Å². The fourth-order valence-electron chi connectivity index (χ4n) is 0.600. The summed E-state index contributed by atoms with van der Waals surface area (Å²) in [4.78, 5) is 0. The van der Waals surface area contributed by atoms with Crippen molar-refractivity contribution in [2.45, 2.75) is 5.33 Å². The van der Waals surface area contributed by atoms with E-state index in [1.807, 2.05) is 13.2 Å². The fourth-order valence-corrected chi connectivity index (χ4v) is 1.88. The van der Waals surface area contributed by atoms with Gasteiger partial charge in [-0.15, -0.1) is 0 Å². The molecule has 0 unspecified atom stereocenters. The van der Waals surface area contributed by atoms with Gasteiger partial charge in [0.25, 0.3) is 0 Å². The normalized spacial score (nSPS) is 10.1. The molecule has 0 saturated heterocycles. The summed E-state index contributed by atoms with van der Waals surface area (Å²) >= 11 is 6.65. The number of alkyl halides is 1. The number of aryl methyl sites for hydroxylation is 1. The van der Waals surface area contributed by atoms with Gasteiger partial charge < -0.3 is 0 Å². The molecule has 0 bridgehead atoms. The number of halogens is 2. The molecule has 0 aliphatic carbocycles. The maximum Gasteiger partial charge on any atom is 0.132 e. The maximum absolute atomic E-state index is 4.09. The molecule has 1 rings (SSSR count). The van der Waals surface area contributed by atoms with Crippen LogP contribution < -0.4 is 0 Å². The second-order valence-corrected chi connectivity index (χ2v) is 3.06. The average Bonchev–Trinajstić information content (AvgIpc) is 2.10. The number of aromatic nitrogens is 2. The van der Waals surface area contributed by atoms with Crippen molar-refractivity contribution in [1.29, 1.82) is 0 Å². The molecule has 0 spiro atoms. The summed E-state index contributed by atoms with van der Waals surface area (Å²) in [5.41, 5.74) is 1.18. The molecule has 0 atom stereocenters. The van der Waals surface area contributed by atoms with Gasteiger partial charge in [0, 0.05) is 24.1 Å². The minimum atomic E-state index is 0.849. The Hall–Kier alpha value is 0.170. The van der Waals surface area contributed by atoms with E-state index < -0.39 is 0 Å². The minimum absolute atomic E-state index is 0.849. The second kappa shape index (κ2) is 2.84. The molecule has 0 N–H and O–H groups in total. The first-order chi connectivity index (χ1) is 4.24. The van der Waals surface area contributed by atoms with E-state index in [1.165, 1.54) is 5.56 Å². The summed E-state index contributed by atoms with van der Waals surface area (Å²) in [6, 6.07) is 0. The molecule has 4 heteroatoms. The Kier molecular flexibility index (Phi) is 2.29. The lowest BCUT2D eigenvalue weighted by atomic mass is 10.4. The van der Waals surface area contributed by atoms with Crippen molar-refractivity contribution in [3.05, 3.63) is 16.4 Å². The van der Waals surface area contributed by atoms with Gasteiger partial charge in [-0.25, -0.2) is 0 Å². The van der Waals surface area contributed by atoms with Gasteiger partial charge in [0.15, 0.2) is 0 Å². The van der Waals surface area contributed by atoms with Crippen LogP contribution in [0, 0.1) is 0 Å². The van der Waals surface area contributed by atoms with Crippen LogP contribution in [0.2, 0.25) is 0 Å². The van der Waals surface area contributed by atoms with E-state index in [4.69, 9.17) is 0 Å². The fraction of sp³-hybridized carbons (Fsp3) is 0.400. The largest absolute Gasteiger partial charge is 0.274 e. The molecule has 2 nitrogen and oxygen atoms in total. The van der Waals surface area contributed by atoms with Crippen molar-refractivity contribution < 1.29 is 0 Å². The predicted molar refractivity (Wildman–Crippen MR) is 43.5 cm³/mol. The standard InChI is InChI=1S/C5H6Br2N2/c1-9-3-4(2-6)5(7)8-9/h3H,2H2,1H3. The molecule has 1 aromatic heterocycles. The monoisotopic (exact) mass is 252 g/mol. The highest BCUT2D eigenvalue weighted by Gasteiger charge is 2.00. The van der Waals surface area contributed by atoms with E-state index in [0.29, 0.717) is 0 Å². The Morgan fingerprint density at radius 2 is 2.44 bits per heavy atom. The van der Waals surface area contributed by atoms with Crippen LogP contribution in [-0.2, 0) is 12.4 Å². The average molecular weight is 254 g/mol. The SMILES string of the molecule is Cn1cc(CBr)c(Br)n1. The van der Waals surface area contributed by atoms with Gasteiger partial charge in [-0.1, -0.05) is 15.9 Å². The van der Waals surface area contributed by atoms with Gasteiger partial charge in [0.05, 0.1) is 0 Å². The molecule has 0 aromatic carbocycles. The Balaban J connectivity index is 3.01. The zero-order valence-electron chi connectivity index (χ0n) is 4.93. The van der Waals surface area contributed by atoms with Crippen molar-refractivity contribution in [2.75, 3.05) is 0 Å². The second-order valence-electron chi connectivity index (χ2n) is 1.75. The topological polar surface area (TPSA) is 17.8 Å². The third-order valence-corrected chi connectivity index (χ3v) is 2.27. The molecule has 50 valence electrons. The number of rotatable bonds is 1. The van der Waals surface area contributed by atoms with Gasteiger partial charge in [-0.2, -0.15) is 5.10 Å². The quantitative estimate of drug-likeness (QED) is 0.701. The number of hydrogen-bond donors (Lipinski definition) is 0. The maximum atomic E-state index is 4.09. The molecule has 1 aromatic rings.